The summed E-state index contributed by atoms with van der Waals surface area (Å²) in [5.41, 5.74) is 1.10. The number of likely N-dealkylation sites (tertiary alicyclic amines) is 1. The smallest absolute Gasteiger partial charge is 0.238 e. The van der Waals surface area contributed by atoms with Gasteiger partial charge in [0, 0.05) is 34.8 Å². The second-order valence-electron chi connectivity index (χ2n) is 8.42. The van der Waals surface area contributed by atoms with Gasteiger partial charge in [0.15, 0.2) is 0 Å². The van der Waals surface area contributed by atoms with Gasteiger partial charge in [0.1, 0.15) is 5.75 Å². The van der Waals surface area contributed by atoms with E-state index in [9.17, 15) is 9.90 Å². The van der Waals surface area contributed by atoms with Crippen LogP contribution in [0.15, 0.2) is 48.5 Å². The van der Waals surface area contributed by atoms with E-state index in [1.54, 1.807) is 31.4 Å². The normalized spacial score (nSPS) is 26.6. The number of methoxy groups -OCH3 is 1. The monoisotopic (exact) mass is 428 g/mol. The fourth-order valence-corrected chi connectivity index (χ4v) is 5.29. The van der Waals surface area contributed by atoms with Crippen LogP contribution in [0.25, 0.3) is 0 Å². The molecule has 3 atom stereocenters. The number of carbonyl (C=O) groups is 1. The van der Waals surface area contributed by atoms with Crippen LogP contribution >= 0.6 is 11.6 Å². The van der Waals surface area contributed by atoms with Gasteiger partial charge >= 0.3 is 0 Å². The molecule has 1 aliphatic carbocycles. The summed E-state index contributed by atoms with van der Waals surface area (Å²) in [5, 5.41) is 15.0. The predicted octanol–water partition coefficient (Wildman–Crippen LogP) is 4.66. The summed E-state index contributed by atoms with van der Waals surface area (Å²) in [7, 11) is 1.67. The number of hydrogen-bond acceptors (Lipinski definition) is 4. The molecule has 0 spiro atoms. The van der Waals surface area contributed by atoms with Crippen LogP contribution < -0.4 is 10.1 Å². The third-order valence-electron chi connectivity index (χ3n) is 6.60. The predicted molar refractivity (Wildman–Crippen MR) is 119 cm³/mol. The Morgan fingerprint density at radius 2 is 1.97 bits per heavy atom. The second kappa shape index (κ2) is 8.96. The third-order valence-corrected chi connectivity index (χ3v) is 6.86. The van der Waals surface area contributed by atoms with Gasteiger partial charge in [0.2, 0.25) is 5.91 Å². The molecular weight excluding hydrogens is 400 g/mol. The lowest BCUT2D eigenvalue weighted by Gasteiger charge is -2.52. The maximum absolute atomic E-state index is 12.9. The summed E-state index contributed by atoms with van der Waals surface area (Å²) in [4.78, 5) is 15.1. The number of amides is 1. The maximum atomic E-state index is 12.9. The third kappa shape index (κ3) is 4.34. The molecule has 0 unspecified atom stereocenters. The largest absolute Gasteiger partial charge is 0.496 e. The molecule has 1 amide bonds. The van der Waals surface area contributed by atoms with Crippen molar-refractivity contribution in [1.82, 2.24) is 4.90 Å². The number of rotatable bonds is 5. The summed E-state index contributed by atoms with van der Waals surface area (Å²) in [5.74, 6) is 0.818. The zero-order valence-electron chi connectivity index (χ0n) is 17.3. The Hall–Kier alpha value is -2.08. The molecule has 0 bridgehead atoms. The van der Waals surface area contributed by atoms with E-state index in [1.165, 1.54) is 0 Å². The van der Waals surface area contributed by atoms with E-state index in [0.717, 1.165) is 42.7 Å². The number of nitrogens with zero attached hydrogens (tertiary/aromatic N) is 1. The fraction of sp³-hybridized carbons (Fsp3) is 0.458. The average molecular weight is 429 g/mol. The van der Waals surface area contributed by atoms with Gasteiger partial charge < -0.3 is 15.2 Å². The van der Waals surface area contributed by atoms with Gasteiger partial charge in [-0.25, -0.2) is 0 Å². The maximum Gasteiger partial charge on any atom is 0.238 e. The lowest BCUT2D eigenvalue weighted by Crippen LogP contribution is -2.56. The Kier molecular flexibility index (Phi) is 6.32. The lowest BCUT2D eigenvalue weighted by molar-refractivity contribution is -0.135. The Bertz CT molecular complexity index is 888. The van der Waals surface area contributed by atoms with Gasteiger partial charge in [-0.3, -0.25) is 9.69 Å². The van der Waals surface area contributed by atoms with Crippen molar-refractivity contribution in [2.45, 2.75) is 43.7 Å². The highest BCUT2D eigenvalue weighted by Gasteiger charge is 2.49. The molecule has 1 saturated carbocycles. The number of piperidine rings is 1. The quantitative estimate of drug-likeness (QED) is 0.727. The molecule has 2 fully saturated rings. The van der Waals surface area contributed by atoms with E-state index in [4.69, 9.17) is 16.3 Å². The molecule has 0 aromatic heterocycles. The average Bonchev–Trinajstić information content (AvgIpc) is 2.75. The molecule has 2 aromatic carbocycles. The van der Waals surface area contributed by atoms with Crippen molar-refractivity contribution in [3.8, 4) is 5.75 Å². The highest BCUT2D eigenvalue weighted by atomic mass is 35.5. The molecule has 1 aliphatic heterocycles. The Balaban J connectivity index is 1.60. The second-order valence-corrected chi connectivity index (χ2v) is 8.85. The molecule has 2 aromatic rings. The molecule has 1 heterocycles. The minimum atomic E-state index is -0.674. The lowest BCUT2D eigenvalue weighted by atomic mass is 9.66. The zero-order chi connectivity index (χ0) is 21.1. The Labute approximate surface area is 183 Å². The number of hydrogen-bond donors (Lipinski definition) is 2. The standard InChI is InChI=1S/C24H29ClN2O3/c1-30-21-8-3-2-6-19(21)23-20-7-4-5-13-24(20,29)14-15-27(23)16-22(28)26-18-11-9-17(25)10-12-18/h2-3,6,8-12,20,23,29H,4-5,7,13-16H2,1H3,(H,26,28)/t20-,23+,24+/m0/s1. The van der Waals surface area contributed by atoms with Crippen molar-refractivity contribution in [2.24, 2.45) is 5.92 Å². The summed E-state index contributed by atoms with van der Waals surface area (Å²) >= 11 is 5.94. The van der Waals surface area contributed by atoms with E-state index >= 15 is 0 Å². The van der Waals surface area contributed by atoms with Crippen LogP contribution in [0.2, 0.25) is 5.02 Å². The van der Waals surface area contributed by atoms with Gasteiger partial charge in [0.05, 0.1) is 19.3 Å². The molecular formula is C24H29ClN2O3. The molecule has 1 saturated heterocycles. The van der Waals surface area contributed by atoms with Crippen molar-refractivity contribution < 1.29 is 14.6 Å². The molecule has 2 aliphatic rings. The van der Waals surface area contributed by atoms with Gasteiger partial charge in [-0.2, -0.15) is 0 Å². The first kappa shape index (κ1) is 21.2. The van der Waals surface area contributed by atoms with Crippen LogP contribution in [0.4, 0.5) is 5.69 Å². The minimum absolute atomic E-state index is 0.0591. The SMILES string of the molecule is COc1ccccc1[C@@H]1[C@@H]2CCCC[C@@]2(O)CCN1CC(=O)Nc1ccc(Cl)cc1. The minimum Gasteiger partial charge on any atom is -0.496 e. The molecule has 0 radical (unpaired) electrons. The molecule has 2 N–H and O–H groups in total. The van der Waals surface area contributed by atoms with Crippen molar-refractivity contribution >= 4 is 23.2 Å². The summed E-state index contributed by atoms with van der Waals surface area (Å²) in [6.45, 7) is 0.932. The van der Waals surface area contributed by atoms with Crippen molar-refractivity contribution in [1.29, 1.82) is 0 Å². The van der Waals surface area contributed by atoms with Gasteiger partial charge in [0.25, 0.3) is 0 Å². The van der Waals surface area contributed by atoms with Gasteiger partial charge in [-0.05, 0) is 49.6 Å². The van der Waals surface area contributed by atoms with Crippen molar-refractivity contribution in [3.05, 3.63) is 59.1 Å². The van der Waals surface area contributed by atoms with E-state index in [1.807, 2.05) is 18.2 Å². The molecule has 6 heteroatoms. The molecule has 30 heavy (non-hydrogen) atoms. The number of benzene rings is 2. The topological polar surface area (TPSA) is 61.8 Å². The zero-order valence-corrected chi connectivity index (χ0v) is 18.1. The van der Waals surface area contributed by atoms with Crippen LogP contribution in [0.1, 0.15) is 43.7 Å². The van der Waals surface area contributed by atoms with E-state index in [2.05, 4.69) is 16.3 Å². The highest BCUT2D eigenvalue weighted by molar-refractivity contribution is 6.30. The molecule has 4 rings (SSSR count). The summed E-state index contributed by atoms with van der Waals surface area (Å²) in [6.07, 6.45) is 4.63. The Morgan fingerprint density at radius 3 is 2.73 bits per heavy atom. The van der Waals surface area contributed by atoms with Crippen LogP contribution in [-0.4, -0.2) is 41.7 Å². The van der Waals surface area contributed by atoms with E-state index < -0.39 is 5.60 Å². The van der Waals surface area contributed by atoms with Gasteiger partial charge in [-0.15, -0.1) is 0 Å². The van der Waals surface area contributed by atoms with Crippen LogP contribution in [0, 0.1) is 5.92 Å². The highest BCUT2D eigenvalue weighted by Crippen LogP contribution is 2.50. The number of anilines is 1. The fourth-order valence-electron chi connectivity index (χ4n) is 5.16. The number of aliphatic hydroxyl groups is 1. The van der Waals surface area contributed by atoms with E-state index in [0.29, 0.717) is 18.0 Å². The Morgan fingerprint density at radius 1 is 1.20 bits per heavy atom. The number of carbonyl (C=O) groups excluding carboxylic acids is 1. The van der Waals surface area contributed by atoms with Crippen LogP contribution in [-0.2, 0) is 4.79 Å². The first-order valence-electron chi connectivity index (χ1n) is 10.6. The number of halogens is 1. The first-order chi connectivity index (χ1) is 14.5. The first-order valence-corrected chi connectivity index (χ1v) is 11.0. The molecule has 5 nitrogen and oxygen atoms in total. The van der Waals surface area contributed by atoms with Crippen LogP contribution in [0.3, 0.4) is 0 Å². The van der Waals surface area contributed by atoms with Crippen molar-refractivity contribution in [2.75, 3.05) is 25.5 Å². The number of para-hydroxylation sites is 1. The van der Waals surface area contributed by atoms with E-state index in [-0.39, 0.29) is 24.4 Å². The summed E-state index contributed by atoms with van der Waals surface area (Å²) in [6, 6.07) is 15.0. The van der Waals surface area contributed by atoms with Crippen LogP contribution in [0.5, 0.6) is 5.75 Å². The number of fused-ring (bicyclic) bond motifs is 1. The van der Waals surface area contributed by atoms with Crippen molar-refractivity contribution in [3.63, 3.8) is 0 Å². The molecule has 160 valence electrons. The summed E-state index contributed by atoms with van der Waals surface area (Å²) < 4.78 is 5.65. The number of ether oxygens (including phenoxy) is 1. The number of nitrogens with one attached hydrogen (secondary N) is 1. The van der Waals surface area contributed by atoms with Gasteiger partial charge in [-0.1, -0.05) is 42.6 Å².